The number of nitrogens with zero attached hydrogens (tertiary/aromatic N) is 1. The monoisotopic (exact) mass is 589 g/mol. The molecule has 178 valence electrons. The molecule has 1 aliphatic heterocycles. The van der Waals surface area contributed by atoms with Crippen LogP contribution in [0.25, 0.3) is 0 Å². The average Bonchev–Trinajstić information content (AvgIpc) is 3.05. The van der Waals surface area contributed by atoms with Gasteiger partial charge in [-0.3, -0.25) is 14.5 Å². The van der Waals surface area contributed by atoms with Gasteiger partial charge in [0.1, 0.15) is 11.5 Å². The first-order valence-corrected chi connectivity index (χ1v) is 12.3. The minimum absolute atomic E-state index is 0.109. The molecule has 2 aromatic rings. The number of alkyl halides is 3. The van der Waals surface area contributed by atoms with Crippen LogP contribution in [0.5, 0.6) is 11.5 Å². The second-order valence-corrected chi connectivity index (χ2v) is 9.67. The molecule has 2 aromatic carbocycles. The molecule has 1 heterocycles. The van der Waals surface area contributed by atoms with Crippen molar-refractivity contribution in [2.75, 3.05) is 0 Å². The van der Waals surface area contributed by atoms with Crippen molar-refractivity contribution in [3.8, 4) is 11.5 Å². The molecule has 0 aliphatic carbocycles. The highest BCUT2D eigenvalue weighted by Crippen LogP contribution is 2.40. The summed E-state index contributed by atoms with van der Waals surface area (Å²) in [5, 5.41) is 0. The summed E-state index contributed by atoms with van der Waals surface area (Å²) < 4.78 is 45.2. The number of imide groups is 1. The maximum Gasteiger partial charge on any atom is 0.416 e. The molecule has 0 aromatic heterocycles. The maximum atomic E-state index is 13.5. The van der Waals surface area contributed by atoms with Gasteiger partial charge in [0.05, 0.1) is 15.6 Å². The zero-order chi connectivity index (χ0) is 24.5. The molecule has 1 saturated heterocycles. The molecule has 2 amide bonds. The van der Waals surface area contributed by atoms with Crippen molar-refractivity contribution < 1.29 is 27.5 Å². The molecule has 3 atom stereocenters. The van der Waals surface area contributed by atoms with Crippen LogP contribution in [0.15, 0.2) is 45.3 Å². The topological polar surface area (TPSA) is 46.6 Å². The number of hydrogen-bond donors (Lipinski definition) is 0. The normalized spacial score (nSPS) is 20.9. The number of ether oxygens (including phenoxy) is 1. The van der Waals surface area contributed by atoms with Gasteiger partial charge >= 0.3 is 6.18 Å². The molecule has 3 unspecified atom stereocenters. The Morgan fingerprint density at radius 1 is 1.00 bits per heavy atom. The van der Waals surface area contributed by atoms with Gasteiger partial charge in [0.2, 0.25) is 5.91 Å². The summed E-state index contributed by atoms with van der Waals surface area (Å²) in [6, 6.07) is 7.61. The summed E-state index contributed by atoms with van der Waals surface area (Å²) in [7, 11) is 0. The first-order valence-electron chi connectivity index (χ1n) is 10.7. The minimum Gasteiger partial charge on any atom is -0.456 e. The van der Waals surface area contributed by atoms with E-state index in [-0.39, 0.29) is 45.3 Å². The number of hydrogen-bond acceptors (Lipinski definition) is 3. The molecule has 1 fully saturated rings. The molecule has 0 saturated carbocycles. The van der Waals surface area contributed by atoms with Crippen LogP contribution >= 0.6 is 31.9 Å². The van der Waals surface area contributed by atoms with Crippen molar-refractivity contribution in [1.29, 1.82) is 0 Å². The number of carbonyl (C=O) groups excluding carboxylic acids is 2. The average molecular weight is 591 g/mol. The molecular weight excluding hydrogens is 567 g/mol. The Hall–Kier alpha value is -1.87. The number of carbonyl (C=O) groups is 2. The Kier molecular flexibility index (Phi) is 7.94. The van der Waals surface area contributed by atoms with E-state index in [0.29, 0.717) is 17.3 Å². The second kappa shape index (κ2) is 10.2. The van der Waals surface area contributed by atoms with Gasteiger partial charge in [0.15, 0.2) is 0 Å². The lowest BCUT2D eigenvalue weighted by Gasteiger charge is -2.26. The molecule has 0 radical (unpaired) electrons. The van der Waals surface area contributed by atoms with Gasteiger partial charge in [-0.2, -0.15) is 13.2 Å². The first kappa shape index (κ1) is 25.7. The summed E-state index contributed by atoms with van der Waals surface area (Å²) in [4.78, 5) is 28.0. The molecule has 33 heavy (non-hydrogen) atoms. The van der Waals surface area contributed by atoms with E-state index in [1.165, 1.54) is 17.0 Å². The van der Waals surface area contributed by atoms with Crippen molar-refractivity contribution in [3.63, 3.8) is 0 Å². The predicted octanol–water partition coefficient (Wildman–Crippen LogP) is 7.84. The Balaban J connectivity index is 1.92. The third-order valence-corrected chi connectivity index (χ3v) is 7.41. The largest absolute Gasteiger partial charge is 0.456 e. The van der Waals surface area contributed by atoms with E-state index in [1.54, 1.807) is 12.1 Å². The Labute approximate surface area is 207 Å². The fourth-order valence-electron chi connectivity index (χ4n) is 4.50. The first-order chi connectivity index (χ1) is 15.5. The van der Waals surface area contributed by atoms with Crippen LogP contribution in [0, 0.1) is 11.8 Å². The number of benzene rings is 2. The quantitative estimate of drug-likeness (QED) is 0.322. The van der Waals surface area contributed by atoms with E-state index in [0.717, 1.165) is 18.6 Å². The zero-order valence-corrected chi connectivity index (χ0v) is 21.6. The van der Waals surface area contributed by atoms with Crippen LogP contribution in [0.3, 0.4) is 0 Å². The van der Waals surface area contributed by atoms with Gasteiger partial charge in [-0.05, 0) is 87.0 Å². The molecule has 9 heteroatoms. The molecule has 3 rings (SSSR count). The Bertz CT molecular complexity index is 1060. The summed E-state index contributed by atoms with van der Waals surface area (Å²) in [5.74, 6) is -0.219. The molecular formula is C24H24Br2F3NO3. The van der Waals surface area contributed by atoms with Crippen LogP contribution < -0.4 is 4.74 Å². The number of amides is 2. The highest BCUT2D eigenvalue weighted by molar-refractivity contribution is 9.10. The van der Waals surface area contributed by atoms with Crippen LogP contribution in [0.4, 0.5) is 13.2 Å². The molecule has 0 bridgehead atoms. The number of halogens is 5. The van der Waals surface area contributed by atoms with E-state index in [1.807, 2.05) is 20.8 Å². The smallest absolute Gasteiger partial charge is 0.416 e. The van der Waals surface area contributed by atoms with Crippen molar-refractivity contribution in [2.45, 2.75) is 52.3 Å². The van der Waals surface area contributed by atoms with Crippen LogP contribution in [-0.2, 0) is 11.0 Å². The van der Waals surface area contributed by atoms with Crippen molar-refractivity contribution in [1.82, 2.24) is 4.90 Å². The SMILES string of the molecule is CCC1C(=O)N(C(=O)c2cc(Oc3ccc(C(F)(F)F)cc3Br)ccc2Br)C(CC)C1CC. The standard InChI is InChI=1S/C24H24Br2F3NO3/c1-4-15-16(5-2)22(31)30(20(15)6-3)23(32)17-12-14(8-9-18(17)25)33-21-10-7-13(11-19(21)26)24(27,28)29/h7-12,15-16,20H,4-6H2,1-3H3. The van der Waals surface area contributed by atoms with Gasteiger partial charge in [-0.1, -0.05) is 27.2 Å². The predicted molar refractivity (Wildman–Crippen MR) is 126 cm³/mol. The number of rotatable bonds is 6. The van der Waals surface area contributed by atoms with Gasteiger partial charge in [0.25, 0.3) is 5.91 Å². The van der Waals surface area contributed by atoms with Crippen LogP contribution in [0.2, 0.25) is 0 Å². The third kappa shape index (κ3) is 5.14. The van der Waals surface area contributed by atoms with Gasteiger partial charge in [0, 0.05) is 16.4 Å². The van der Waals surface area contributed by atoms with E-state index in [4.69, 9.17) is 4.74 Å². The highest BCUT2D eigenvalue weighted by atomic mass is 79.9. The van der Waals surface area contributed by atoms with Crippen molar-refractivity contribution >= 4 is 43.7 Å². The lowest BCUT2D eigenvalue weighted by Crippen LogP contribution is -2.40. The second-order valence-electron chi connectivity index (χ2n) is 7.96. The van der Waals surface area contributed by atoms with E-state index in [2.05, 4.69) is 31.9 Å². The Morgan fingerprint density at radius 2 is 1.70 bits per heavy atom. The summed E-state index contributed by atoms with van der Waals surface area (Å²) in [6.45, 7) is 5.96. The van der Waals surface area contributed by atoms with E-state index < -0.39 is 17.6 Å². The summed E-state index contributed by atoms with van der Waals surface area (Å²) in [6.07, 6.45) is -2.33. The van der Waals surface area contributed by atoms with Crippen molar-refractivity contribution in [2.24, 2.45) is 11.8 Å². The van der Waals surface area contributed by atoms with Gasteiger partial charge in [-0.15, -0.1) is 0 Å². The Morgan fingerprint density at radius 3 is 2.24 bits per heavy atom. The summed E-state index contributed by atoms with van der Waals surface area (Å²) in [5.41, 5.74) is -0.545. The third-order valence-electron chi connectivity index (χ3n) is 6.10. The fraction of sp³-hybridized carbons (Fsp3) is 0.417. The molecule has 4 nitrogen and oxygen atoms in total. The van der Waals surface area contributed by atoms with Crippen LogP contribution in [0.1, 0.15) is 56.0 Å². The van der Waals surface area contributed by atoms with Gasteiger partial charge in [-0.25, -0.2) is 0 Å². The van der Waals surface area contributed by atoms with E-state index >= 15 is 0 Å². The maximum absolute atomic E-state index is 13.5. The van der Waals surface area contributed by atoms with E-state index in [9.17, 15) is 22.8 Å². The molecule has 0 N–H and O–H groups in total. The minimum atomic E-state index is -4.47. The fourth-order valence-corrected chi connectivity index (χ4v) is 5.38. The zero-order valence-electron chi connectivity index (χ0n) is 18.4. The molecule has 1 aliphatic rings. The molecule has 0 spiro atoms. The lowest BCUT2D eigenvalue weighted by atomic mass is 9.85. The van der Waals surface area contributed by atoms with Gasteiger partial charge < -0.3 is 4.74 Å². The van der Waals surface area contributed by atoms with Crippen molar-refractivity contribution in [3.05, 3.63) is 56.5 Å². The highest BCUT2D eigenvalue weighted by Gasteiger charge is 2.48. The van der Waals surface area contributed by atoms with Crippen LogP contribution in [-0.4, -0.2) is 22.8 Å². The number of likely N-dealkylation sites (tertiary alicyclic amines) is 1. The summed E-state index contributed by atoms with van der Waals surface area (Å²) >= 11 is 6.50. The lowest BCUT2D eigenvalue weighted by molar-refractivity contribution is -0.137.